The first-order chi connectivity index (χ1) is 10.5. The summed E-state index contributed by atoms with van der Waals surface area (Å²) < 4.78 is 1.62. The van der Waals surface area contributed by atoms with Crippen molar-refractivity contribution in [1.82, 2.24) is 10.9 Å². The SMILES string of the molecule is O=C(CSc1ccc(Cl)cc1)NNC(=O)c1cc(Br)c(Br)s1. The molecule has 22 heavy (non-hydrogen) atoms. The van der Waals surface area contributed by atoms with Gasteiger partial charge in [0.2, 0.25) is 5.91 Å². The second-order valence-electron chi connectivity index (χ2n) is 3.98. The molecular weight excluding hydrogens is 476 g/mol. The predicted octanol–water partition coefficient (Wildman–Crippen LogP) is 4.48. The Kier molecular flexibility index (Phi) is 6.76. The smallest absolute Gasteiger partial charge is 0.272 e. The Morgan fingerprint density at radius 3 is 2.45 bits per heavy atom. The van der Waals surface area contributed by atoms with Crippen LogP contribution in [0.5, 0.6) is 0 Å². The van der Waals surface area contributed by atoms with Crippen molar-refractivity contribution in [3.63, 3.8) is 0 Å². The number of carbonyl (C=O) groups is 2. The van der Waals surface area contributed by atoms with Gasteiger partial charge < -0.3 is 0 Å². The fourth-order valence-corrected chi connectivity index (χ4v) is 4.12. The first kappa shape index (κ1) is 17.8. The number of thiophene rings is 1. The van der Waals surface area contributed by atoms with Crippen LogP contribution < -0.4 is 10.9 Å². The molecule has 0 aliphatic carbocycles. The number of benzene rings is 1. The minimum absolute atomic E-state index is 0.194. The van der Waals surface area contributed by atoms with E-state index < -0.39 is 0 Å². The van der Waals surface area contributed by atoms with Crippen molar-refractivity contribution >= 4 is 78.4 Å². The number of hydrogen-bond acceptors (Lipinski definition) is 4. The molecule has 0 fully saturated rings. The highest BCUT2D eigenvalue weighted by Gasteiger charge is 2.12. The van der Waals surface area contributed by atoms with Crippen LogP contribution in [0.2, 0.25) is 5.02 Å². The number of hydrazine groups is 1. The third-order valence-corrected chi connectivity index (χ3v) is 6.89. The number of nitrogens with one attached hydrogen (secondary N) is 2. The lowest BCUT2D eigenvalue weighted by Gasteiger charge is -2.06. The molecule has 9 heteroatoms. The van der Waals surface area contributed by atoms with Crippen LogP contribution in [-0.2, 0) is 4.79 Å². The quantitative estimate of drug-likeness (QED) is 0.497. The van der Waals surface area contributed by atoms with E-state index in [1.54, 1.807) is 18.2 Å². The Balaban J connectivity index is 1.77. The number of carbonyl (C=O) groups excluding carboxylic acids is 2. The molecule has 0 saturated carbocycles. The highest BCUT2D eigenvalue weighted by molar-refractivity contribution is 9.13. The molecule has 116 valence electrons. The van der Waals surface area contributed by atoms with Crippen molar-refractivity contribution in [2.45, 2.75) is 4.90 Å². The monoisotopic (exact) mass is 482 g/mol. The van der Waals surface area contributed by atoms with Crippen LogP contribution in [0.15, 0.2) is 43.5 Å². The van der Waals surface area contributed by atoms with E-state index in [0.29, 0.717) is 9.90 Å². The van der Waals surface area contributed by atoms with Crippen molar-refractivity contribution < 1.29 is 9.59 Å². The molecule has 0 aliphatic heterocycles. The maximum absolute atomic E-state index is 11.8. The number of halogens is 3. The maximum Gasteiger partial charge on any atom is 0.279 e. The summed E-state index contributed by atoms with van der Waals surface area (Å²) in [6.45, 7) is 0. The third kappa shape index (κ3) is 5.27. The second-order valence-corrected chi connectivity index (χ2v) is 8.69. The lowest BCUT2D eigenvalue weighted by molar-refractivity contribution is -0.119. The third-order valence-electron chi connectivity index (χ3n) is 2.37. The Bertz CT molecular complexity index is 672. The standard InChI is InChI=1S/C13H9Br2ClN2O2S2/c14-9-5-10(22-12(9)15)13(20)18-17-11(19)6-21-8-3-1-7(16)2-4-8/h1-5H,6H2,(H,17,19)(H,18,20). The fourth-order valence-electron chi connectivity index (χ4n) is 1.36. The number of thioether (sulfide) groups is 1. The molecule has 0 unspecified atom stereocenters. The minimum atomic E-state index is -0.360. The molecule has 0 saturated heterocycles. The predicted molar refractivity (Wildman–Crippen MR) is 97.5 cm³/mol. The highest BCUT2D eigenvalue weighted by Crippen LogP contribution is 2.32. The van der Waals surface area contributed by atoms with E-state index in [0.717, 1.165) is 13.2 Å². The zero-order valence-electron chi connectivity index (χ0n) is 10.9. The van der Waals surface area contributed by atoms with E-state index >= 15 is 0 Å². The van der Waals surface area contributed by atoms with E-state index in [9.17, 15) is 9.59 Å². The molecule has 1 aromatic heterocycles. The average molecular weight is 485 g/mol. The van der Waals surface area contributed by atoms with Crippen LogP contribution in [0, 0.1) is 0 Å². The molecule has 4 nitrogen and oxygen atoms in total. The van der Waals surface area contributed by atoms with E-state index in [1.165, 1.54) is 23.1 Å². The second kappa shape index (κ2) is 8.35. The van der Waals surface area contributed by atoms with Crippen LogP contribution in [0.3, 0.4) is 0 Å². The summed E-state index contributed by atoms with van der Waals surface area (Å²) in [5.41, 5.74) is 4.76. The van der Waals surface area contributed by atoms with Crippen molar-refractivity contribution in [3.05, 3.63) is 48.5 Å². The molecule has 2 N–H and O–H groups in total. The van der Waals surface area contributed by atoms with Crippen molar-refractivity contribution in [3.8, 4) is 0 Å². The van der Waals surface area contributed by atoms with E-state index in [-0.39, 0.29) is 17.6 Å². The average Bonchev–Trinajstić information content (AvgIpc) is 2.84. The molecule has 1 aromatic carbocycles. The van der Waals surface area contributed by atoms with Crippen LogP contribution in [0.4, 0.5) is 0 Å². The summed E-state index contributed by atoms with van der Waals surface area (Å²) in [7, 11) is 0. The topological polar surface area (TPSA) is 58.2 Å². The van der Waals surface area contributed by atoms with Gasteiger partial charge in [0.1, 0.15) is 0 Å². The fraction of sp³-hybridized carbons (Fsp3) is 0.0769. The Morgan fingerprint density at radius 1 is 1.18 bits per heavy atom. The molecule has 2 rings (SSSR count). The van der Waals surface area contributed by atoms with Crippen molar-refractivity contribution in [2.24, 2.45) is 0 Å². The zero-order valence-corrected chi connectivity index (χ0v) is 16.4. The Hall–Kier alpha value is -0.540. The first-order valence-electron chi connectivity index (χ1n) is 5.88. The van der Waals surface area contributed by atoms with Crippen LogP contribution in [0.25, 0.3) is 0 Å². The Morgan fingerprint density at radius 2 is 1.86 bits per heavy atom. The molecular formula is C13H9Br2ClN2O2S2. The van der Waals surface area contributed by atoms with Crippen LogP contribution in [-0.4, -0.2) is 17.6 Å². The summed E-state index contributed by atoms with van der Waals surface area (Å²) in [6.07, 6.45) is 0. The molecule has 0 atom stereocenters. The number of rotatable bonds is 4. The lowest BCUT2D eigenvalue weighted by Crippen LogP contribution is -2.42. The van der Waals surface area contributed by atoms with Gasteiger partial charge in [-0.25, -0.2) is 0 Å². The molecule has 2 aromatic rings. The molecule has 0 aliphatic rings. The summed E-state index contributed by atoms with van der Waals surface area (Å²) in [5, 5.41) is 0.648. The zero-order chi connectivity index (χ0) is 16.1. The van der Waals surface area contributed by atoms with Crippen LogP contribution >= 0.6 is 66.6 Å². The molecule has 0 spiro atoms. The largest absolute Gasteiger partial charge is 0.279 e. The molecule has 0 bridgehead atoms. The normalized spacial score (nSPS) is 10.3. The van der Waals surface area contributed by atoms with E-state index in [2.05, 4.69) is 42.7 Å². The molecule has 1 heterocycles. The maximum atomic E-state index is 11.8. The van der Waals surface area contributed by atoms with E-state index in [4.69, 9.17) is 11.6 Å². The summed E-state index contributed by atoms with van der Waals surface area (Å²) in [4.78, 5) is 25.0. The van der Waals surface area contributed by atoms with Crippen LogP contribution in [0.1, 0.15) is 9.67 Å². The van der Waals surface area contributed by atoms with Gasteiger partial charge in [-0.1, -0.05) is 11.6 Å². The van der Waals surface area contributed by atoms with Crippen molar-refractivity contribution in [2.75, 3.05) is 5.75 Å². The lowest BCUT2D eigenvalue weighted by atomic mass is 10.4. The summed E-state index contributed by atoms with van der Waals surface area (Å²) >= 11 is 15.0. The van der Waals surface area contributed by atoms with Gasteiger partial charge in [-0.2, -0.15) is 0 Å². The van der Waals surface area contributed by atoms with Gasteiger partial charge in [0.25, 0.3) is 5.91 Å². The first-order valence-corrected chi connectivity index (χ1v) is 9.64. The summed E-state index contributed by atoms with van der Waals surface area (Å²) in [5.74, 6) is -0.455. The van der Waals surface area contributed by atoms with E-state index in [1.807, 2.05) is 12.1 Å². The van der Waals surface area contributed by atoms with Gasteiger partial charge in [0.05, 0.1) is 14.4 Å². The summed E-state index contributed by atoms with van der Waals surface area (Å²) in [6, 6.07) is 8.87. The number of amides is 2. The van der Waals surface area contributed by atoms with Gasteiger partial charge >= 0.3 is 0 Å². The van der Waals surface area contributed by atoms with Gasteiger partial charge in [-0.3, -0.25) is 20.4 Å². The minimum Gasteiger partial charge on any atom is -0.272 e. The highest BCUT2D eigenvalue weighted by atomic mass is 79.9. The van der Waals surface area contributed by atoms with Crippen molar-refractivity contribution in [1.29, 1.82) is 0 Å². The molecule has 0 radical (unpaired) electrons. The van der Waals surface area contributed by atoms with Gasteiger partial charge in [0.15, 0.2) is 0 Å². The molecule has 2 amide bonds. The Labute approximate surface area is 157 Å². The van der Waals surface area contributed by atoms with Gasteiger partial charge in [0, 0.05) is 14.4 Å². The van der Waals surface area contributed by atoms with Gasteiger partial charge in [-0.05, 0) is 62.2 Å². The van der Waals surface area contributed by atoms with Gasteiger partial charge in [-0.15, -0.1) is 23.1 Å². The number of hydrogen-bond donors (Lipinski definition) is 2.